The maximum atomic E-state index is 12.0. The molecule has 0 saturated heterocycles. The molecule has 2 rings (SSSR count). The largest absolute Gasteiger partial charge is 1.00 e. The second-order valence-electron chi connectivity index (χ2n) is 3.60. The topological polar surface area (TPSA) is 17.1 Å². The minimum absolute atomic E-state index is 0. The molecule has 0 aliphatic carbocycles. The number of hydrogen-bond donors (Lipinski definition) is 0. The van der Waals surface area contributed by atoms with Crippen LogP contribution in [0.4, 0.5) is 0 Å². The van der Waals surface area contributed by atoms with Gasteiger partial charge in [0, 0.05) is 21.0 Å². The fraction of sp³-hybridized carbons (Fsp3) is 0.0714. The third kappa shape index (κ3) is 4.56. The summed E-state index contributed by atoms with van der Waals surface area (Å²) >= 11 is 3.40. The zero-order valence-corrected chi connectivity index (χ0v) is 14.6. The third-order valence-electron chi connectivity index (χ3n) is 2.35. The number of benzene rings is 2. The zero-order valence-electron chi connectivity index (χ0n) is 10.2. The first-order valence-electron chi connectivity index (χ1n) is 5.25. The minimum Gasteiger partial charge on any atom is -0.263 e. The molecule has 1 nitrogen and oxygen atoms in total. The Labute approximate surface area is 141 Å². The molecule has 0 fully saturated rings. The van der Waals surface area contributed by atoms with Crippen LogP contribution >= 0.6 is 15.9 Å². The number of hydrogen-bond acceptors (Lipinski definition) is 1. The smallest absolute Gasteiger partial charge is 0.263 e. The van der Waals surface area contributed by atoms with Crippen LogP contribution in [-0.4, -0.2) is 4.21 Å². The minimum atomic E-state index is -1.08. The van der Waals surface area contributed by atoms with Crippen molar-refractivity contribution >= 4 is 26.7 Å². The van der Waals surface area contributed by atoms with Crippen LogP contribution in [0.15, 0.2) is 59.5 Å². The van der Waals surface area contributed by atoms with Crippen LogP contribution in [0.2, 0.25) is 0 Å². The summed E-state index contributed by atoms with van der Waals surface area (Å²) in [7, 11) is -1.08. The third-order valence-corrected chi connectivity index (χ3v) is 4.22. The van der Waals surface area contributed by atoms with E-state index in [2.05, 4.69) is 15.9 Å². The van der Waals surface area contributed by atoms with Crippen molar-refractivity contribution in [1.29, 1.82) is 0 Å². The molecule has 0 bridgehead atoms. The van der Waals surface area contributed by atoms with Gasteiger partial charge in [-0.25, -0.2) is 0 Å². The molecule has 2 aromatic rings. The van der Waals surface area contributed by atoms with Crippen LogP contribution in [0.5, 0.6) is 0 Å². The van der Waals surface area contributed by atoms with Crippen molar-refractivity contribution in [3.8, 4) is 0 Å². The Morgan fingerprint density at radius 2 is 1.61 bits per heavy atom. The van der Waals surface area contributed by atoms with Crippen LogP contribution < -0.4 is 29.6 Å². The Morgan fingerprint density at radius 1 is 1.00 bits per heavy atom. The molecule has 0 aromatic heterocycles. The fourth-order valence-corrected chi connectivity index (χ4v) is 2.77. The van der Waals surface area contributed by atoms with Gasteiger partial charge in [0.25, 0.3) is 0 Å². The van der Waals surface area contributed by atoms with Crippen LogP contribution in [-0.2, 0) is 16.1 Å². The van der Waals surface area contributed by atoms with Gasteiger partial charge in [-0.3, -0.25) is 4.21 Å². The normalized spacial score (nSPS) is 11.4. The maximum absolute atomic E-state index is 12.0. The summed E-state index contributed by atoms with van der Waals surface area (Å²) in [6.45, 7) is 0. The number of rotatable bonds is 4. The Bertz CT molecular complexity index is 499. The molecule has 1 atom stereocenters. The molecule has 0 radical (unpaired) electrons. The molecule has 0 heterocycles. The van der Waals surface area contributed by atoms with Crippen molar-refractivity contribution in [3.05, 3.63) is 71.5 Å². The van der Waals surface area contributed by atoms with Crippen molar-refractivity contribution in [2.45, 2.75) is 10.2 Å². The van der Waals surface area contributed by atoms with Crippen molar-refractivity contribution < 1.29 is 33.8 Å². The maximum Gasteiger partial charge on any atom is 1.00 e. The average Bonchev–Trinajstić information content (AvgIpc) is 2.40. The molecule has 4 heteroatoms. The van der Waals surface area contributed by atoms with Crippen LogP contribution in [0.3, 0.4) is 0 Å². The van der Waals surface area contributed by atoms with Crippen molar-refractivity contribution in [3.63, 3.8) is 0 Å². The second kappa shape index (κ2) is 8.18. The van der Waals surface area contributed by atoms with E-state index in [1.165, 1.54) is 5.56 Å². The molecule has 0 amide bonds. The molecular weight excluding hydrogens is 319 g/mol. The summed E-state index contributed by atoms with van der Waals surface area (Å²) in [5, 5.41) is 0.842. The van der Waals surface area contributed by atoms with Gasteiger partial charge in [0.15, 0.2) is 0 Å². The van der Waals surface area contributed by atoms with E-state index >= 15 is 0 Å². The van der Waals surface area contributed by atoms with Gasteiger partial charge in [-0.05, 0) is 12.1 Å². The van der Waals surface area contributed by atoms with Gasteiger partial charge in [0.1, 0.15) is 0 Å². The molecule has 18 heavy (non-hydrogen) atoms. The summed E-state index contributed by atoms with van der Waals surface area (Å²) in [6, 6.07) is 17.5. The SMILES string of the molecule is O=S([CH-]c1ccc(CBr)cc1)c1ccccc1.[Na+]. The Kier molecular flexibility index (Phi) is 7.27. The van der Waals surface area contributed by atoms with Crippen molar-refractivity contribution in [1.82, 2.24) is 0 Å². The molecular formula is C14H12BrNaOS. The van der Waals surface area contributed by atoms with Gasteiger partial charge in [-0.2, -0.15) is 17.7 Å². The summed E-state index contributed by atoms with van der Waals surface area (Å²) in [5.74, 6) is 1.77. The van der Waals surface area contributed by atoms with Gasteiger partial charge in [0.2, 0.25) is 0 Å². The van der Waals surface area contributed by atoms with Crippen LogP contribution in [0, 0.1) is 5.75 Å². The standard InChI is InChI=1S/C14H12BrOS.Na/c15-10-12-6-8-13(9-7-12)11-17(16)14-4-2-1-3-5-14;/h1-9,11H,10H2;/q-1;+1. The Hall–Kier alpha value is -0.0600. The quantitative estimate of drug-likeness (QED) is 0.462. The first kappa shape index (κ1) is 16.0. The van der Waals surface area contributed by atoms with E-state index in [1.54, 1.807) is 5.75 Å². The molecule has 88 valence electrons. The fourth-order valence-electron chi connectivity index (χ4n) is 1.43. The van der Waals surface area contributed by atoms with Gasteiger partial charge in [-0.15, -0.1) is 12.1 Å². The summed E-state index contributed by atoms with van der Waals surface area (Å²) in [6.07, 6.45) is 0. The van der Waals surface area contributed by atoms with Gasteiger partial charge < -0.3 is 0 Å². The summed E-state index contributed by atoms with van der Waals surface area (Å²) in [4.78, 5) is 0.831. The second-order valence-corrected chi connectivity index (χ2v) is 5.47. The van der Waals surface area contributed by atoms with E-state index in [1.807, 2.05) is 54.6 Å². The van der Waals surface area contributed by atoms with Crippen molar-refractivity contribution in [2.75, 3.05) is 0 Å². The predicted molar refractivity (Wildman–Crippen MR) is 75.3 cm³/mol. The first-order chi connectivity index (χ1) is 8.29. The molecule has 2 aromatic carbocycles. The van der Waals surface area contributed by atoms with Crippen molar-refractivity contribution in [2.24, 2.45) is 0 Å². The predicted octanol–water partition coefficient (Wildman–Crippen LogP) is 0.903. The molecule has 0 N–H and O–H groups in total. The Balaban J connectivity index is 0.00000162. The van der Waals surface area contributed by atoms with Gasteiger partial charge in [-0.1, -0.05) is 45.4 Å². The van der Waals surface area contributed by atoms with Gasteiger partial charge in [0.05, 0.1) is 0 Å². The molecule has 1 unspecified atom stereocenters. The van der Waals surface area contributed by atoms with E-state index in [9.17, 15) is 4.21 Å². The zero-order chi connectivity index (χ0) is 12.1. The molecule has 0 aliphatic rings. The number of alkyl halides is 1. The first-order valence-corrected chi connectivity index (χ1v) is 7.58. The molecule has 0 aliphatic heterocycles. The van der Waals surface area contributed by atoms with E-state index in [4.69, 9.17) is 0 Å². The monoisotopic (exact) mass is 330 g/mol. The van der Waals surface area contributed by atoms with E-state index in [-0.39, 0.29) is 29.6 Å². The van der Waals surface area contributed by atoms with Crippen LogP contribution in [0.1, 0.15) is 11.1 Å². The van der Waals surface area contributed by atoms with Gasteiger partial charge >= 0.3 is 29.6 Å². The summed E-state index contributed by atoms with van der Waals surface area (Å²) < 4.78 is 12.0. The Morgan fingerprint density at radius 3 is 2.17 bits per heavy atom. The number of halogens is 1. The molecule has 0 spiro atoms. The van der Waals surface area contributed by atoms with Crippen LogP contribution in [0.25, 0.3) is 0 Å². The summed E-state index contributed by atoms with van der Waals surface area (Å²) in [5.41, 5.74) is 2.20. The van der Waals surface area contributed by atoms with E-state index in [0.717, 1.165) is 15.8 Å². The molecule has 0 saturated carbocycles. The van der Waals surface area contributed by atoms with E-state index < -0.39 is 10.8 Å². The average molecular weight is 331 g/mol. The van der Waals surface area contributed by atoms with E-state index in [0.29, 0.717) is 0 Å².